The molecule has 3 rings (SSSR count). The summed E-state index contributed by atoms with van der Waals surface area (Å²) < 4.78 is 0. The van der Waals surface area contributed by atoms with Gasteiger partial charge in [0.2, 0.25) is 5.91 Å². The first-order valence-corrected chi connectivity index (χ1v) is 8.71. The van der Waals surface area contributed by atoms with E-state index in [1.165, 1.54) is 19.1 Å². The molecule has 1 atom stereocenters. The van der Waals surface area contributed by atoms with Gasteiger partial charge in [0.25, 0.3) is 11.8 Å². The van der Waals surface area contributed by atoms with Gasteiger partial charge in [-0.15, -0.1) is 0 Å². The third-order valence-electron chi connectivity index (χ3n) is 4.37. The topological polar surface area (TPSA) is 66.5 Å². The van der Waals surface area contributed by atoms with Crippen LogP contribution in [0.5, 0.6) is 0 Å². The molecule has 26 heavy (non-hydrogen) atoms. The van der Waals surface area contributed by atoms with Crippen molar-refractivity contribution in [1.29, 1.82) is 0 Å². The fourth-order valence-corrected chi connectivity index (χ4v) is 3.24. The van der Waals surface area contributed by atoms with Crippen LogP contribution in [0.25, 0.3) is 0 Å². The van der Waals surface area contributed by atoms with Crippen LogP contribution in [0.2, 0.25) is 10.0 Å². The number of anilines is 1. The first-order valence-electron chi connectivity index (χ1n) is 7.95. The lowest BCUT2D eigenvalue weighted by Gasteiger charge is -2.22. The van der Waals surface area contributed by atoms with Crippen molar-refractivity contribution in [3.05, 3.63) is 62.6 Å². The Morgan fingerprint density at radius 1 is 1.00 bits per heavy atom. The summed E-state index contributed by atoms with van der Waals surface area (Å²) in [6.07, 6.45) is 0. The fourth-order valence-electron chi connectivity index (χ4n) is 2.91. The van der Waals surface area contributed by atoms with Crippen molar-refractivity contribution in [2.75, 3.05) is 5.32 Å². The van der Waals surface area contributed by atoms with Gasteiger partial charge < -0.3 is 5.32 Å². The highest BCUT2D eigenvalue weighted by atomic mass is 35.5. The highest BCUT2D eigenvalue weighted by molar-refractivity contribution is 6.43. The molecular formula is C19H16Cl2N2O3. The maximum atomic E-state index is 12.6. The van der Waals surface area contributed by atoms with Crippen molar-refractivity contribution in [1.82, 2.24) is 4.90 Å². The molecule has 0 saturated carbocycles. The van der Waals surface area contributed by atoms with Crippen LogP contribution in [0.4, 0.5) is 5.69 Å². The van der Waals surface area contributed by atoms with Crippen LogP contribution in [-0.4, -0.2) is 28.7 Å². The van der Waals surface area contributed by atoms with Crippen molar-refractivity contribution < 1.29 is 14.4 Å². The number of amides is 3. The number of nitrogens with one attached hydrogen (secondary N) is 1. The van der Waals surface area contributed by atoms with Crippen molar-refractivity contribution >= 4 is 46.6 Å². The van der Waals surface area contributed by atoms with Crippen LogP contribution in [0, 0.1) is 13.8 Å². The Hall–Kier alpha value is -2.37. The van der Waals surface area contributed by atoms with E-state index >= 15 is 0 Å². The Morgan fingerprint density at radius 3 is 2.04 bits per heavy atom. The smallest absolute Gasteiger partial charge is 0.262 e. The predicted octanol–water partition coefficient (Wildman–Crippen LogP) is 4.23. The molecule has 0 spiro atoms. The standard InChI is InChI=1S/C19H16Cl2N2O3/c1-9-4-5-16(10(2)6-9)22-17(24)11(3)23-18(25)12-7-14(20)15(21)8-13(12)19(23)26/h4-8,11H,1-3H3,(H,22,24)/t11-/m0/s1. The van der Waals surface area contributed by atoms with E-state index in [0.717, 1.165) is 16.0 Å². The van der Waals surface area contributed by atoms with E-state index in [9.17, 15) is 14.4 Å². The summed E-state index contributed by atoms with van der Waals surface area (Å²) in [6, 6.07) is 7.33. The minimum absolute atomic E-state index is 0.149. The van der Waals surface area contributed by atoms with Gasteiger partial charge in [0.1, 0.15) is 6.04 Å². The van der Waals surface area contributed by atoms with Gasteiger partial charge in [-0.25, -0.2) is 0 Å². The second-order valence-electron chi connectivity index (χ2n) is 6.28. The average Bonchev–Trinajstić information content (AvgIpc) is 2.81. The van der Waals surface area contributed by atoms with E-state index in [2.05, 4.69) is 5.32 Å². The van der Waals surface area contributed by atoms with Gasteiger partial charge in [0.05, 0.1) is 21.2 Å². The number of carbonyl (C=O) groups is 3. The van der Waals surface area contributed by atoms with Gasteiger partial charge in [-0.1, -0.05) is 40.9 Å². The van der Waals surface area contributed by atoms with Gasteiger partial charge in [0.15, 0.2) is 0 Å². The molecule has 0 fully saturated rings. The third kappa shape index (κ3) is 3.08. The largest absolute Gasteiger partial charge is 0.324 e. The lowest BCUT2D eigenvalue weighted by atomic mass is 10.1. The maximum absolute atomic E-state index is 12.6. The first kappa shape index (κ1) is 18.4. The summed E-state index contributed by atoms with van der Waals surface area (Å²) in [5.41, 5.74) is 2.90. The van der Waals surface area contributed by atoms with E-state index in [1.807, 2.05) is 26.0 Å². The second-order valence-corrected chi connectivity index (χ2v) is 7.09. The number of hydrogen-bond acceptors (Lipinski definition) is 3. The van der Waals surface area contributed by atoms with Crippen LogP contribution < -0.4 is 5.32 Å². The van der Waals surface area contributed by atoms with E-state index in [1.54, 1.807) is 6.07 Å². The molecule has 0 aliphatic carbocycles. The quantitative estimate of drug-likeness (QED) is 0.797. The van der Waals surface area contributed by atoms with Crippen LogP contribution in [0.15, 0.2) is 30.3 Å². The van der Waals surface area contributed by atoms with E-state index in [4.69, 9.17) is 23.2 Å². The number of carbonyl (C=O) groups excluding carboxylic acids is 3. The Bertz CT molecular complexity index is 915. The molecule has 7 heteroatoms. The molecule has 0 radical (unpaired) electrons. The van der Waals surface area contributed by atoms with Crippen LogP contribution >= 0.6 is 23.2 Å². The lowest BCUT2D eigenvalue weighted by molar-refractivity contribution is -0.119. The zero-order chi connectivity index (χ0) is 19.2. The van der Waals surface area contributed by atoms with Gasteiger partial charge >= 0.3 is 0 Å². The van der Waals surface area contributed by atoms with Crippen LogP contribution in [0.1, 0.15) is 38.8 Å². The highest BCUT2D eigenvalue weighted by Gasteiger charge is 2.41. The van der Waals surface area contributed by atoms with Crippen molar-refractivity contribution in [2.24, 2.45) is 0 Å². The molecule has 0 bridgehead atoms. The van der Waals surface area contributed by atoms with Crippen molar-refractivity contribution in [3.8, 4) is 0 Å². The summed E-state index contributed by atoms with van der Waals surface area (Å²) >= 11 is 11.9. The normalized spacial score (nSPS) is 14.4. The molecule has 1 aliphatic heterocycles. The number of rotatable bonds is 3. The molecule has 2 aromatic carbocycles. The van der Waals surface area contributed by atoms with Gasteiger partial charge in [-0.2, -0.15) is 0 Å². The molecular weight excluding hydrogens is 375 g/mol. The number of nitrogens with zero attached hydrogens (tertiary/aromatic N) is 1. The number of benzene rings is 2. The SMILES string of the molecule is Cc1ccc(NC(=O)[C@H](C)N2C(=O)c3cc(Cl)c(Cl)cc3C2=O)c(C)c1. The van der Waals surface area contributed by atoms with Crippen molar-refractivity contribution in [3.63, 3.8) is 0 Å². The number of hydrogen-bond donors (Lipinski definition) is 1. The molecule has 1 heterocycles. The molecule has 1 aliphatic rings. The predicted molar refractivity (Wildman–Crippen MR) is 101 cm³/mol. The molecule has 2 aromatic rings. The fraction of sp³-hybridized carbons (Fsp3) is 0.211. The van der Waals surface area contributed by atoms with Crippen LogP contribution in [-0.2, 0) is 4.79 Å². The van der Waals surface area contributed by atoms with E-state index in [0.29, 0.717) is 5.69 Å². The monoisotopic (exact) mass is 390 g/mol. The summed E-state index contributed by atoms with van der Waals surface area (Å²) in [5.74, 6) is -1.58. The Labute approximate surface area is 160 Å². The average molecular weight is 391 g/mol. The lowest BCUT2D eigenvalue weighted by Crippen LogP contribution is -2.45. The van der Waals surface area contributed by atoms with Gasteiger partial charge in [0, 0.05) is 5.69 Å². The third-order valence-corrected chi connectivity index (χ3v) is 5.09. The molecule has 0 saturated heterocycles. The summed E-state index contributed by atoms with van der Waals surface area (Å²) in [4.78, 5) is 38.7. The van der Waals surface area contributed by atoms with Gasteiger partial charge in [-0.3, -0.25) is 19.3 Å². The summed E-state index contributed by atoms with van der Waals surface area (Å²) in [5, 5.41) is 3.13. The molecule has 0 unspecified atom stereocenters. The molecule has 5 nitrogen and oxygen atoms in total. The number of imide groups is 1. The minimum Gasteiger partial charge on any atom is -0.324 e. The Kier molecular flexibility index (Phi) is 4.78. The van der Waals surface area contributed by atoms with Gasteiger partial charge in [-0.05, 0) is 44.5 Å². The van der Waals surface area contributed by atoms with E-state index < -0.39 is 23.8 Å². The maximum Gasteiger partial charge on any atom is 0.262 e. The number of fused-ring (bicyclic) bond motifs is 1. The minimum atomic E-state index is -0.986. The number of aryl methyl sites for hydroxylation is 2. The molecule has 3 amide bonds. The number of halogens is 2. The first-order chi connectivity index (χ1) is 12.2. The summed E-state index contributed by atoms with van der Waals surface area (Å²) in [6.45, 7) is 5.33. The highest BCUT2D eigenvalue weighted by Crippen LogP contribution is 2.32. The molecule has 1 N–H and O–H groups in total. The van der Waals surface area contributed by atoms with Crippen molar-refractivity contribution in [2.45, 2.75) is 26.8 Å². The molecule has 0 aromatic heterocycles. The second kappa shape index (κ2) is 6.74. The Balaban J connectivity index is 1.86. The zero-order valence-corrected chi connectivity index (χ0v) is 15.9. The Morgan fingerprint density at radius 2 is 1.54 bits per heavy atom. The van der Waals surface area contributed by atoms with Crippen LogP contribution in [0.3, 0.4) is 0 Å². The summed E-state index contributed by atoms with van der Waals surface area (Å²) in [7, 11) is 0. The van der Waals surface area contributed by atoms with E-state index in [-0.39, 0.29) is 21.2 Å². The molecule has 134 valence electrons. The zero-order valence-electron chi connectivity index (χ0n) is 14.4.